The third-order valence-corrected chi connectivity index (χ3v) is 3.21. The van der Waals surface area contributed by atoms with E-state index in [9.17, 15) is 0 Å². The molecule has 0 fully saturated rings. The van der Waals surface area contributed by atoms with Crippen molar-refractivity contribution in [3.05, 3.63) is 16.6 Å². The van der Waals surface area contributed by atoms with E-state index < -0.39 is 0 Å². The molecule has 2 aromatic rings. The van der Waals surface area contributed by atoms with Crippen LogP contribution in [0.1, 0.15) is 12.6 Å². The van der Waals surface area contributed by atoms with Crippen molar-refractivity contribution in [1.82, 2.24) is 19.9 Å². The number of hydrogen-bond donors (Lipinski definition) is 1. The Balaban J connectivity index is 2.24. The maximum atomic E-state index is 4.46. The van der Waals surface area contributed by atoms with Gasteiger partial charge in [0, 0.05) is 33.1 Å². The van der Waals surface area contributed by atoms with Gasteiger partial charge in [-0.05, 0) is 6.92 Å². The highest BCUT2D eigenvalue weighted by Gasteiger charge is 2.12. The molecule has 2 heterocycles. The average Bonchev–Trinajstić information content (AvgIpc) is 2.91. The quantitative estimate of drug-likeness (QED) is 0.864. The molecule has 0 unspecified atom stereocenters. The minimum Gasteiger partial charge on any atom is -0.354 e. The maximum absolute atomic E-state index is 4.46. The second kappa shape index (κ2) is 6.47. The van der Waals surface area contributed by atoms with Crippen molar-refractivity contribution < 1.29 is 0 Å². The van der Waals surface area contributed by atoms with Gasteiger partial charge in [0.1, 0.15) is 0 Å². The smallest absolute Gasteiger partial charge is 0.232 e. The molecule has 108 valence electrons. The Bertz CT molecular complexity index is 541. The lowest BCUT2D eigenvalue weighted by atomic mass is 10.4. The lowest BCUT2D eigenvalue weighted by Gasteiger charge is -2.19. The molecule has 0 saturated heterocycles. The van der Waals surface area contributed by atoms with Gasteiger partial charge >= 0.3 is 0 Å². The molecular weight excluding hydrogens is 274 g/mol. The summed E-state index contributed by atoms with van der Waals surface area (Å²) in [5, 5.41) is 5.15. The minimum atomic E-state index is 0.589. The second-order valence-corrected chi connectivity index (χ2v) is 5.24. The first-order chi connectivity index (χ1) is 9.60. The molecule has 0 radical (unpaired) electrons. The number of thiazole rings is 1. The highest BCUT2D eigenvalue weighted by molar-refractivity contribution is 7.07. The highest BCUT2D eigenvalue weighted by atomic mass is 32.1. The Morgan fingerprint density at radius 2 is 1.90 bits per heavy atom. The van der Waals surface area contributed by atoms with Gasteiger partial charge in [-0.15, -0.1) is 11.3 Å². The molecule has 0 aromatic carbocycles. The zero-order valence-corrected chi connectivity index (χ0v) is 13.0. The van der Waals surface area contributed by atoms with E-state index in [0.717, 1.165) is 12.2 Å². The van der Waals surface area contributed by atoms with Crippen LogP contribution in [-0.2, 0) is 6.54 Å². The molecular formula is C12H19N7S. The molecule has 0 aliphatic rings. The van der Waals surface area contributed by atoms with Gasteiger partial charge in [0.05, 0.1) is 17.7 Å². The summed E-state index contributed by atoms with van der Waals surface area (Å²) in [5.41, 5.74) is 2.83. The Hall–Kier alpha value is -1.96. The predicted octanol–water partition coefficient (Wildman–Crippen LogP) is 1.46. The Morgan fingerprint density at radius 3 is 2.50 bits per heavy atom. The van der Waals surface area contributed by atoms with Crippen LogP contribution in [0.2, 0.25) is 0 Å². The van der Waals surface area contributed by atoms with Gasteiger partial charge in [0.2, 0.25) is 17.8 Å². The molecule has 7 nitrogen and oxygen atoms in total. The van der Waals surface area contributed by atoms with Gasteiger partial charge in [0.25, 0.3) is 0 Å². The molecule has 0 bridgehead atoms. The molecule has 2 rings (SSSR count). The molecule has 1 N–H and O–H groups in total. The first-order valence-corrected chi connectivity index (χ1v) is 7.30. The van der Waals surface area contributed by atoms with Gasteiger partial charge in [-0.3, -0.25) is 0 Å². The zero-order chi connectivity index (χ0) is 14.5. The highest BCUT2D eigenvalue weighted by Crippen LogP contribution is 2.16. The fraction of sp³-hybridized carbons (Fsp3) is 0.500. The van der Waals surface area contributed by atoms with Crippen LogP contribution < -0.4 is 15.1 Å². The van der Waals surface area contributed by atoms with E-state index in [1.165, 1.54) is 0 Å². The van der Waals surface area contributed by atoms with Crippen LogP contribution in [0.4, 0.5) is 17.8 Å². The molecule has 0 spiro atoms. The van der Waals surface area contributed by atoms with Crippen LogP contribution in [-0.4, -0.2) is 47.6 Å². The van der Waals surface area contributed by atoms with Gasteiger partial charge < -0.3 is 15.1 Å². The normalized spacial score (nSPS) is 10.4. The number of rotatable bonds is 6. The number of aromatic nitrogens is 4. The summed E-state index contributed by atoms with van der Waals surface area (Å²) in [5.74, 6) is 1.86. The van der Waals surface area contributed by atoms with E-state index in [1.54, 1.807) is 11.3 Å². The maximum Gasteiger partial charge on any atom is 0.232 e. The zero-order valence-electron chi connectivity index (χ0n) is 12.2. The molecule has 0 aliphatic carbocycles. The van der Waals surface area contributed by atoms with Gasteiger partial charge in [-0.25, -0.2) is 4.98 Å². The van der Waals surface area contributed by atoms with Crippen molar-refractivity contribution in [3.63, 3.8) is 0 Å². The Labute approximate surface area is 122 Å². The van der Waals surface area contributed by atoms with Crippen LogP contribution in [0.15, 0.2) is 10.9 Å². The summed E-state index contributed by atoms with van der Waals surface area (Å²) in [6.45, 7) is 3.45. The summed E-state index contributed by atoms with van der Waals surface area (Å²) in [4.78, 5) is 21.3. The van der Waals surface area contributed by atoms with Crippen LogP contribution >= 0.6 is 11.3 Å². The van der Waals surface area contributed by atoms with Crippen molar-refractivity contribution in [1.29, 1.82) is 0 Å². The fourth-order valence-electron chi connectivity index (χ4n) is 1.59. The van der Waals surface area contributed by atoms with E-state index in [0.29, 0.717) is 24.4 Å². The molecule has 8 heteroatoms. The van der Waals surface area contributed by atoms with Crippen LogP contribution in [0.5, 0.6) is 0 Å². The summed E-state index contributed by atoms with van der Waals surface area (Å²) >= 11 is 1.58. The second-order valence-electron chi connectivity index (χ2n) is 4.52. The van der Waals surface area contributed by atoms with Gasteiger partial charge in [-0.1, -0.05) is 0 Å². The minimum absolute atomic E-state index is 0.589. The standard InChI is InChI=1S/C12H19N7S/c1-5-13-10-15-11(18(2)3)17-12(16-10)19(4)6-9-7-20-8-14-9/h7-8H,5-6H2,1-4H3,(H,13,15,16,17). The summed E-state index contributed by atoms with van der Waals surface area (Å²) in [7, 11) is 5.77. The largest absolute Gasteiger partial charge is 0.354 e. The number of nitrogens with zero attached hydrogens (tertiary/aromatic N) is 6. The fourth-order valence-corrected chi connectivity index (χ4v) is 2.14. The molecule has 2 aromatic heterocycles. The van der Waals surface area contributed by atoms with E-state index in [4.69, 9.17) is 0 Å². The number of nitrogens with one attached hydrogen (secondary N) is 1. The van der Waals surface area contributed by atoms with Crippen molar-refractivity contribution in [2.24, 2.45) is 0 Å². The topological polar surface area (TPSA) is 70.1 Å². The van der Waals surface area contributed by atoms with Crippen molar-refractivity contribution in [2.45, 2.75) is 13.5 Å². The molecule has 0 aliphatic heterocycles. The van der Waals surface area contributed by atoms with E-state index >= 15 is 0 Å². The van der Waals surface area contributed by atoms with E-state index in [1.807, 2.05) is 48.8 Å². The number of hydrogen-bond acceptors (Lipinski definition) is 8. The average molecular weight is 293 g/mol. The lowest BCUT2D eigenvalue weighted by Crippen LogP contribution is -2.23. The number of anilines is 3. The van der Waals surface area contributed by atoms with Crippen molar-refractivity contribution in [3.8, 4) is 0 Å². The SMILES string of the molecule is CCNc1nc(N(C)C)nc(N(C)Cc2cscn2)n1. The monoisotopic (exact) mass is 293 g/mol. The third-order valence-electron chi connectivity index (χ3n) is 2.57. The van der Waals surface area contributed by atoms with Crippen LogP contribution in [0.3, 0.4) is 0 Å². The first-order valence-electron chi connectivity index (χ1n) is 6.35. The van der Waals surface area contributed by atoms with E-state index in [-0.39, 0.29) is 0 Å². The van der Waals surface area contributed by atoms with Gasteiger partial charge in [0.15, 0.2) is 0 Å². The van der Waals surface area contributed by atoms with Crippen molar-refractivity contribution in [2.75, 3.05) is 42.8 Å². The molecule has 0 atom stereocenters. The van der Waals surface area contributed by atoms with Crippen LogP contribution in [0, 0.1) is 0 Å². The Morgan fingerprint density at radius 1 is 1.15 bits per heavy atom. The predicted molar refractivity (Wildman–Crippen MR) is 82.5 cm³/mol. The molecule has 20 heavy (non-hydrogen) atoms. The first kappa shape index (κ1) is 14.4. The summed E-state index contributed by atoms with van der Waals surface area (Å²) in [6, 6.07) is 0. The van der Waals surface area contributed by atoms with Crippen LogP contribution in [0.25, 0.3) is 0 Å². The molecule has 0 amide bonds. The Kier molecular flexibility index (Phi) is 4.67. The lowest BCUT2D eigenvalue weighted by molar-refractivity contribution is 0.828. The molecule has 0 saturated carbocycles. The van der Waals surface area contributed by atoms with Crippen molar-refractivity contribution >= 4 is 29.2 Å². The summed E-state index contributed by atoms with van der Waals surface area (Å²) < 4.78 is 0. The summed E-state index contributed by atoms with van der Waals surface area (Å²) in [6.07, 6.45) is 0. The van der Waals surface area contributed by atoms with E-state index in [2.05, 4.69) is 25.3 Å². The third kappa shape index (κ3) is 3.53. The van der Waals surface area contributed by atoms with Gasteiger partial charge in [-0.2, -0.15) is 15.0 Å².